The fraction of sp³-hybridized carbons (Fsp3) is 0. The Morgan fingerprint density at radius 2 is 1.14 bits per heavy atom. The van der Waals surface area contributed by atoms with E-state index in [0.717, 1.165) is 66.5 Å². The molecule has 0 unspecified atom stereocenters. The van der Waals surface area contributed by atoms with Crippen LogP contribution < -0.4 is 0 Å². The minimum atomic E-state index is 0.549. The summed E-state index contributed by atoms with van der Waals surface area (Å²) in [5.74, 6) is 0. The van der Waals surface area contributed by atoms with E-state index < -0.39 is 0 Å². The van der Waals surface area contributed by atoms with E-state index in [-0.39, 0.29) is 0 Å². The van der Waals surface area contributed by atoms with Crippen LogP contribution in [0.1, 0.15) is 5.56 Å². The first-order valence-electron chi connectivity index (χ1n) is 16.2. The zero-order valence-corrected chi connectivity index (χ0v) is 26.7. The number of fused-ring (bicyclic) bond motifs is 6. The van der Waals surface area contributed by atoms with Crippen molar-refractivity contribution in [3.8, 4) is 39.7 Å². The third-order valence-electron chi connectivity index (χ3n) is 9.59. The lowest BCUT2D eigenvalue weighted by atomic mass is 9.96. The number of nitriles is 1. The number of benzene rings is 7. The average Bonchev–Trinajstić information content (AvgIpc) is 3.70. The monoisotopic (exact) mass is 635 g/mol. The standard InChI is InChI=1S/C45H25N5/c1-47-39-23-22-31(27-37(39)35-15-5-8-20-43(35)50-41-18-6-3-13-33(41)34-14-4-7-19-42(34)50)30-11-9-12-32(26-30)49-44-24-21-29(28-46)25-38(44)36-16-10-17-40(48-2)45(36)49/h3-27H. The lowest BCUT2D eigenvalue weighted by Gasteiger charge is -2.16. The van der Waals surface area contributed by atoms with Crippen LogP contribution in [0.5, 0.6) is 0 Å². The van der Waals surface area contributed by atoms with Gasteiger partial charge in [-0.25, -0.2) is 9.69 Å². The first kappa shape index (κ1) is 28.8. The van der Waals surface area contributed by atoms with Crippen LogP contribution in [0.25, 0.3) is 86.9 Å². The summed E-state index contributed by atoms with van der Waals surface area (Å²) in [6.07, 6.45) is 0. The number of aromatic nitrogens is 2. The molecule has 0 spiro atoms. The van der Waals surface area contributed by atoms with Crippen LogP contribution in [0.15, 0.2) is 152 Å². The molecule has 0 N–H and O–H groups in total. The van der Waals surface area contributed by atoms with Gasteiger partial charge in [-0.05, 0) is 76.2 Å². The van der Waals surface area contributed by atoms with E-state index in [1.54, 1.807) is 0 Å². The molecule has 5 heteroatoms. The molecule has 0 aliphatic heterocycles. The van der Waals surface area contributed by atoms with Crippen LogP contribution in [0.4, 0.5) is 11.4 Å². The lowest BCUT2D eigenvalue weighted by molar-refractivity contribution is 1.18. The molecule has 0 bridgehead atoms. The molecule has 50 heavy (non-hydrogen) atoms. The van der Waals surface area contributed by atoms with Crippen LogP contribution in [0, 0.1) is 24.5 Å². The molecule has 2 aromatic heterocycles. The molecule has 0 radical (unpaired) electrons. The maximum Gasteiger partial charge on any atom is 0.211 e. The number of rotatable bonds is 4. The van der Waals surface area contributed by atoms with Crippen LogP contribution >= 0.6 is 0 Å². The fourth-order valence-electron chi connectivity index (χ4n) is 7.41. The summed E-state index contributed by atoms with van der Waals surface area (Å²) in [6, 6.07) is 53.2. The van der Waals surface area contributed by atoms with Gasteiger partial charge in [0.2, 0.25) is 5.69 Å². The molecule has 9 aromatic rings. The quantitative estimate of drug-likeness (QED) is 0.177. The normalized spacial score (nSPS) is 11.1. The Morgan fingerprint density at radius 3 is 1.90 bits per heavy atom. The predicted octanol–water partition coefficient (Wildman–Crippen LogP) is 12.2. The van der Waals surface area contributed by atoms with Crippen molar-refractivity contribution in [2.45, 2.75) is 0 Å². The average molecular weight is 636 g/mol. The maximum atomic E-state index is 9.64. The van der Waals surface area contributed by atoms with E-state index in [9.17, 15) is 5.26 Å². The van der Waals surface area contributed by atoms with Gasteiger partial charge in [0, 0.05) is 21.8 Å². The third-order valence-corrected chi connectivity index (χ3v) is 9.59. The van der Waals surface area contributed by atoms with Crippen molar-refractivity contribution in [1.29, 1.82) is 5.26 Å². The lowest BCUT2D eigenvalue weighted by Crippen LogP contribution is -1.97. The molecular weight excluding hydrogens is 611 g/mol. The highest BCUT2D eigenvalue weighted by molar-refractivity contribution is 6.14. The molecule has 0 atom stereocenters. The third kappa shape index (κ3) is 4.31. The second kappa shape index (κ2) is 11.4. The van der Waals surface area contributed by atoms with Gasteiger partial charge in [-0.15, -0.1) is 0 Å². The topological polar surface area (TPSA) is 42.4 Å². The Balaban J connectivity index is 1.25. The Morgan fingerprint density at radius 1 is 0.480 bits per heavy atom. The summed E-state index contributed by atoms with van der Waals surface area (Å²) < 4.78 is 4.42. The number of para-hydroxylation sites is 4. The first-order chi connectivity index (χ1) is 24.7. The van der Waals surface area contributed by atoms with E-state index in [1.165, 1.54) is 10.8 Å². The highest BCUT2D eigenvalue weighted by Crippen LogP contribution is 2.42. The Bertz CT molecular complexity index is 2920. The number of hydrogen-bond acceptors (Lipinski definition) is 1. The molecule has 0 aliphatic rings. The highest BCUT2D eigenvalue weighted by atomic mass is 15.0. The first-order valence-corrected chi connectivity index (χ1v) is 16.2. The SMILES string of the molecule is [C-]#[N+]c1ccc(-c2cccc(-n3c4ccc(C#N)cc4c4cccc([N+]#[C-])c43)c2)cc1-c1ccccc1-n1c2ccccc2c2ccccc21. The zero-order chi connectivity index (χ0) is 33.8. The number of nitrogens with zero attached hydrogens (tertiary/aromatic N) is 5. The van der Waals surface area contributed by atoms with Crippen molar-refractivity contribution < 1.29 is 0 Å². The van der Waals surface area contributed by atoms with Gasteiger partial charge < -0.3 is 9.13 Å². The van der Waals surface area contributed by atoms with Gasteiger partial charge in [-0.1, -0.05) is 103 Å². The van der Waals surface area contributed by atoms with Crippen LogP contribution in [-0.2, 0) is 0 Å². The zero-order valence-electron chi connectivity index (χ0n) is 26.7. The summed E-state index contributed by atoms with van der Waals surface area (Å²) in [5, 5.41) is 13.9. The van der Waals surface area contributed by atoms with Crippen LogP contribution in [0.3, 0.4) is 0 Å². The van der Waals surface area contributed by atoms with E-state index in [0.29, 0.717) is 16.9 Å². The molecule has 9 rings (SSSR count). The molecule has 0 fully saturated rings. The molecule has 0 saturated heterocycles. The predicted molar refractivity (Wildman–Crippen MR) is 203 cm³/mol. The Kier molecular flexibility index (Phi) is 6.56. The van der Waals surface area contributed by atoms with Gasteiger partial charge in [-0.3, -0.25) is 0 Å². The van der Waals surface area contributed by atoms with Crippen molar-refractivity contribution in [3.05, 3.63) is 180 Å². The fourth-order valence-corrected chi connectivity index (χ4v) is 7.41. The van der Waals surface area contributed by atoms with E-state index in [2.05, 4.69) is 110 Å². The largest absolute Gasteiger partial charge is 0.319 e. The Labute approximate surface area is 288 Å². The molecule has 5 nitrogen and oxygen atoms in total. The van der Waals surface area contributed by atoms with Crippen molar-refractivity contribution in [1.82, 2.24) is 9.13 Å². The second-order valence-electron chi connectivity index (χ2n) is 12.2. The summed E-state index contributed by atoms with van der Waals surface area (Å²) in [4.78, 5) is 7.84. The van der Waals surface area contributed by atoms with Crippen LogP contribution in [0.2, 0.25) is 0 Å². The summed E-state index contributed by atoms with van der Waals surface area (Å²) >= 11 is 0. The van der Waals surface area contributed by atoms with Gasteiger partial charge >= 0.3 is 0 Å². The van der Waals surface area contributed by atoms with E-state index in [1.807, 2.05) is 66.7 Å². The van der Waals surface area contributed by atoms with Gasteiger partial charge in [-0.2, -0.15) is 5.26 Å². The minimum Gasteiger partial charge on any atom is -0.319 e. The second-order valence-corrected chi connectivity index (χ2v) is 12.2. The summed E-state index contributed by atoms with van der Waals surface area (Å²) in [6.45, 7) is 16.1. The van der Waals surface area contributed by atoms with Crippen molar-refractivity contribution in [2.24, 2.45) is 0 Å². The molecular formula is C45H25N5. The van der Waals surface area contributed by atoms with Crippen LogP contribution in [-0.4, -0.2) is 9.13 Å². The minimum absolute atomic E-state index is 0.549. The Hall–Kier alpha value is -7.39. The van der Waals surface area contributed by atoms with Gasteiger partial charge in [0.1, 0.15) is 0 Å². The smallest absolute Gasteiger partial charge is 0.211 e. The molecule has 230 valence electrons. The summed E-state index contributed by atoms with van der Waals surface area (Å²) in [7, 11) is 0. The molecule has 0 saturated carbocycles. The van der Waals surface area contributed by atoms with Crippen molar-refractivity contribution in [2.75, 3.05) is 0 Å². The molecule has 7 aromatic carbocycles. The van der Waals surface area contributed by atoms with Crippen molar-refractivity contribution >= 4 is 55.0 Å². The van der Waals surface area contributed by atoms with Crippen molar-refractivity contribution in [3.63, 3.8) is 0 Å². The molecule has 2 heterocycles. The van der Waals surface area contributed by atoms with Gasteiger partial charge in [0.05, 0.1) is 52.5 Å². The maximum absolute atomic E-state index is 9.64. The van der Waals surface area contributed by atoms with Gasteiger partial charge in [0.25, 0.3) is 0 Å². The van der Waals surface area contributed by atoms with E-state index >= 15 is 0 Å². The van der Waals surface area contributed by atoms with E-state index in [4.69, 9.17) is 13.1 Å². The summed E-state index contributed by atoms with van der Waals surface area (Å²) in [5.41, 5.74) is 11.4. The highest BCUT2D eigenvalue weighted by Gasteiger charge is 2.19. The van der Waals surface area contributed by atoms with Gasteiger partial charge in [0.15, 0.2) is 5.69 Å². The number of hydrogen-bond donors (Lipinski definition) is 0. The molecule has 0 amide bonds. The molecule has 0 aliphatic carbocycles.